The van der Waals surface area contributed by atoms with Crippen molar-refractivity contribution in [2.45, 2.75) is 12.1 Å². The molecule has 0 aliphatic rings. The molecule has 0 radical (unpaired) electrons. The van der Waals surface area contributed by atoms with E-state index in [2.05, 4.69) is 41.8 Å². The van der Waals surface area contributed by atoms with Crippen LogP contribution in [0.5, 0.6) is 11.5 Å². The van der Waals surface area contributed by atoms with Crippen molar-refractivity contribution in [3.63, 3.8) is 0 Å². The molecular weight excluding hydrogens is 462 g/mol. The van der Waals surface area contributed by atoms with Crippen molar-refractivity contribution < 1.29 is 9.47 Å². The third-order valence-electron chi connectivity index (χ3n) is 3.09. The fourth-order valence-electron chi connectivity index (χ4n) is 2.06. The van der Waals surface area contributed by atoms with Gasteiger partial charge in [-0.2, -0.15) is 5.26 Å². The van der Waals surface area contributed by atoms with Gasteiger partial charge in [-0.25, -0.2) is 4.98 Å². The lowest BCUT2D eigenvalue weighted by atomic mass is 10.1. The molecule has 126 valence electrons. The van der Waals surface area contributed by atoms with Crippen LogP contribution < -0.4 is 15.0 Å². The Balaban J connectivity index is 2.85. The van der Waals surface area contributed by atoms with Crippen LogP contribution in [0.4, 0.5) is 0 Å². The Labute approximate surface area is 159 Å². The van der Waals surface area contributed by atoms with Gasteiger partial charge in [0.05, 0.1) is 23.9 Å². The van der Waals surface area contributed by atoms with Gasteiger partial charge in [0.25, 0.3) is 5.56 Å². The van der Waals surface area contributed by atoms with Crippen LogP contribution in [-0.2, 0) is 0 Å². The average Bonchev–Trinajstić information content (AvgIpc) is 2.57. The summed E-state index contributed by atoms with van der Waals surface area (Å²) in [6, 6.07) is 3.61. The number of halogens is 2. The van der Waals surface area contributed by atoms with Gasteiger partial charge in [-0.15, -0.1) is 0 Å². The monoisotopic (exact) mass is 473 g/mol. The standard InChI is InChI=1S/C15H13Br2N3O3S/c1-4-23-9-5-7(10(16)11(17)13(9)22-2)12-8(6-18)14(21)20-15(19-12)24-3/h5H,4H2,1-3H3,(H,19,20,21). The van der Waals surface area contributed by atoms with E-state index in [9.17, 15) is 10.1 Å². The molecule has 0 aliphatic carbocycles. The maximum absolute atomic E-state index is 12.1. The van der Waals surface area contributed by atoms with Crippen molar-refractivity contribution in [2.24, 2.45) is 0 Å². The Morgan fingerprint density at radius 2 is 2.12 bits per heavy atom. The second kappa shape index (κ2) is 8.05. The summed E-state index contributed by atoms with van der Waals surface area (Å²) in [5.74, 6) is 1.00. The Kier molecular flexibility index (Phi) is 6.32. The Hall–Kier alpha value is -1.50. The van der Waals surface area contributed by atoms with Crippen molar-refractivity contribution in [1.29, 1.82) is 5.26 Å². The van der Waals surface area contributed by atoms with Crippen molar-refractivity contribution in [3.05, 3.63) is 30.9 Å². The second-order valence-corrected chi connectivity index (χ2v) is 6.81. The molecule has 0 unspecified atom stereocenters. The molecule has 6 nitrogen and oxygen atoms in total. The maximum atomic E-state index is 12.1. The van der Waals surface area contributed by atoms with Gasteiger partial charge in [0.2, 0.25) is 0 Å². The molecule has 2 rings (SSSR count). The number of hydrogen-bond donors (Lipinski definition) is 1. The van der Waals surface area contributed by atoms with E-state index in [4.69, 9.17) is 9.47 Å². The highest BCUT2D eigenvalue weighted by Gasteiger charge is 2.22. The smallest absolute Gasteiger partial charge is 0.270 e. The molecule has 0 saturated carbocycles. The lowest BCUT2D eigenvalue weighted by Gasteiger charge is -2.16. The lowest BCUT2D eigenvalue weighted by Crippen LogP contribution is -2.15. The fourth-order valence-corrected chi connectivity index (χ4v) is 3.49. The Morgan fingerprint density at radius 1 is 1.42 bits per heavy atom. The quantitative estimate of drug-likeness (QED) is 0.521. The van der Waals surface area contributed by atoms with Gasteiger partial charge >= 0.3 is 0 Å². The number of thioether (sulfide) groups is 1. The van der Waals surface area contributed by atoms with E-state index >= 15 is 0 Å². The van der Waals surface area contributed by atoms with Crippen LogP contribution in [0, 0.1) is 11.3 Å². The van der Waals surface area contributed by atoms with Gasteiger partial charge in [-0.3, -0.25) is 4.79 Å². The largest absolute Gasteiger partial charge is 0.492 e. The molecule has 0 fully saturated rings. The molecule has 24 heavy (non-hydrogen) atoms. The maximum Gasteiger partial charge on any atom is 0.270 e. The van der Waals surface area contributed by atoms with Crippen LogP contribution in [0.3, 0.4) is 0 Å². The summed E-state index contributed by atoms with van der Waals surface area (Å²) in [6.45, 7) is 2.29. The molecule has 1 aromatic carbocycles. The summed E-state index contributed by atoms with van der Waals surface area (Å²) in [6.07, 6.45) is 1.79. The van der Waals surface area contributed by atoms with Gasteiger partial charge in [0.15, 0.2) is 16.7 Å². The van der Waals surface area contributed by atoms with Crippen LogP contribution in [0.25, 0.3) is 11.3 Å². The van der Waals surface area contributed by atoms with Crippen molar-refractivity contribution in [1.82, 2.24) is 9.97 Å². The van der Waals surface area contributed by atoms with E-state index in [-0.39, 0.29) is 11.3 Å². The number of rotatable bonds is 5. The highest BCUT2D eigenvalue weighted by atomic mass is 79.9. The first kappa shape index (κ1) is 18.8. The third-order valence-corrected chi connectivity index (χ3v) is 5.78. The number of aromatic amines is 1. The molecule has 0 atom stereocenters. The minimum atomic E-state index is -0.483. The predicted molar refractivity (Wildman–Crippen MR) is 99.9 cm³/mol. The molecular formula is C15H13Br2N3O3S. The van der Waals surface area contributed by atoms with Crippen LogP contribution in [0.2, 0.25) is 0 Å². The second-order valence-electron chi connectivity index (χ2n) is 4.43. The van der Waals surface area contributed by atoms with Crippen LogP contribution in [0.1, 0.15) is 12.5 Å². The van der Waals surface area contributed by atoms with E-state index in [0.717, 1.165) is 0 Å². The minimum Gasteiger partial charge on any atom is -0.492 e. The molecule has 9 heteroatoms. The van der Waals surface area contributed by atoms with Crippen molar-refractivity contribution >= 4 is 43.6 Å². The first-order chi connectivity index (χ1) is 11.5. The number of nitrogens with one attached hydrogen (secondary N) is 1. The summed E-state index contributed by atoms with van der Waals surface area (Å²) in [7, 11) is 1.53. The molecule has 2 aromatic rings. The minimum absolute atomic E-state index is 0.0620. The number of ether oxygens (including phenoxy) is 2. The Morgan fingerprint density at radius 3 is 2.67 bits per heavy atom. The molecule has 0 spiro atoms. The number of benzene rings is 1. The van der Waals surface area contributed by atoms with E-state index in [1.807, 2.05) is 13.0 Å². The summed E-state index contributed by atoms with van der Waals surface area (Å²) in [5, 5.41) is 9.78. The third kappa shape index (κ3) is 3.45. The van der Waals surface area contributed by atoms with Gasteiger partial charge < -0.3 is 14.5 Å². The number of nitrogens with zero attached hydrogens (tertiary/aromatic N) is 2. The van der Waals surface area contributed by atoms with E-state index in [1.165, 1.54) is 18.9 Å². The fraction of sp³-hybridized carbons (Fsp3) is 0.267. The SMILES string of the molecule is CCOc1cc(-c2nc(SC)[nH]c(=O)c2C#N)c(Br)c(Br)c1OC. The summed E-state index contributed by atoms with van der Waals surface area (Å²) in [5.41, 5.74) is 0.294. The zero-order valence-corrected chi connectivity index (χ0v) is 17.1. The number of methoxy groups -OCH3 is 1. The van der Waals surface area contributed by atoms with E-state index < -0.39 is 5.56 Å². The number of hydrogen-bond acceptors (Lipinski definition) is 6. The molecule has 0 saturated heterocycles. The van der Waals surface area contributed by atoms with Crippen molar-refractivity contribution in [2.75, 3.05) is 20.0 Å². The first-order valence-electron chi connectivity index (χ1n) is 6.75. The highest BCUT2D eigenvalue weighted by Crippen LogP contribution is 2.46. The lowest BCUT2D eigenvalue weighted by molar-refractivity contribution is 0.310. The predicted octanol–water partition coefficient (Wildman–Crippen LogP) is 3.96. The number of aromatic nitrogens is 2. The highest BCUT2D eigenvalue weighted by molar-refractivity contribution is 9.13. The van der Waals surface area contributed by atoms with Gasteiger partial charge in [-0.05, 0) is 51.1 Å². The van der Waals surface area contributed by atoms with Crippen LogP contribution in [0.15, 0.2) is 25.0 Å². The molecule has 0 amide bonds. The van der Waals surface area contributed by atoms with Crippen molar-refractivity contribution in [3.8, 4) is 28.8 Å². The number of nitriles is 1. The van der Waals surface area contributed by atoms with Crippen LogP contribution in [-0.4, -0.2) is 29.9 Å². The number of H-pyrrole nitrogens is 1. The van der Waals surface area contributed by atoms with Gasteiger partial charge in [-0.1, -0.05) is 11.8 Å². The average molecular weight is 475 g/mol. The molecule has 1 heterocycles. The normalized spacial score (nSPS) is 10.3. The first-order valence-corrected chi connectivity index (χ1v) is 9.57. The summed E-state index contributed by atoms with van der Waals surface area (Å²) < 4.78 is 12.2. The zero-order valence-electron chi connectivity index (χ0n) is 13.1. The topological polar surface area (TPSA) is 88.0 Å². The zero-order chi connectivity index (χ0) is 17.9. The van der Waals surface area contributed by atoms with Gasteiger partial charge in [0.1, 0.15) is 11.6 Å². The molecule has 0 aliphatic heterocycles. The summed E-state index contributed by atoms with van der Waals surface area (Å²) in [4.78, 5) is 19.1. The molecule has 0 bridgehead atoms. The van der Waals surface area contributed by atoms with Gasteiger partial charge in [0, 0.05) is 10.0 Å². The Bertz CT molecular complexity index is 878. The van der Waals surface area contributed by atoms with Crippen LogP contribution >= 0.6 is 43.6 Å². The molecule has 1 aromatic heterocycles. The van der Waals surface area contributed by atoms with E-state index in [1.54, 1.807) is 12.3 Å². The molecule has 1 N–H and O–H groups in total. The van der Waals surface area contributed by atoms with E-state index in [0.29, 0.717) is 37.8 Å². The summed E-state index contributed by atoms with van der Waals surface area (Å²) >= 11 is 8.22.